The van der Waals surface area contributed by atoms with E-state index in [0.29, 0.717) is 54.6 Å². The number of hydroxylamine groups is 3. The molecular formula is C43H47N7O10Os. The van der Waals surface area contributed by atoms with Crippen molar-refractivity contribution >= 4 is 17.7 Å². The fraction of sp³-hybridized carbons (Fsp3) is 0.209. The number of aromatic nitrogens is 4. The molecule has 0 bridgehead atoms. The Hall–Kier alpha value is -6.38. The Bertz CT molecular complexity index is 2560. The van der Waals surface area contributed by atoms with E-state index in [9.17, 15) is 25.6 Å². The molecule has 8 N–H and O–H groups in total. The van der Waals surface area contributed by atoms with Gasteiger partial charge in [0.2, 0.25) is 0 Å². The number of nitrogens with two attached hydrogens (primary N) is 2. The van der Waals surface area contributed by atoms with Gasteiger partial charge in [-0.2, -0.15) is 0 Å². The number of quaternary nitrogens is 1. The van der Waals surface area contributed by atoms with Gasteiger partial charge in [0.15, 0.2) is 11.6 Å². The van der Waals surface area contributed by atoms with Crippen LogP contribution < -0.4 is 11.5 Å². The predicted octanol–water partition coefficient (Wildman–Crippen LogP) is 5.24. The number of nitrogens with zero attached hydrogens (tertiary/aromatic N) is 5. The molecule has 0 amide bonds. The number of anilines is 2. The molecule has 3 heterocycles. The Labute approximate surface area is 354 Å². The van der Waals surface area contributed by atoms with Crippen molar-refractivity contribution in [3.05, 3.63) is 155 Å². The Morgan fingerprint density at radius 1 is 0.705 bits per heavy atom. The van der Waals surface area contributed by atoms with Crippen LogP contribution in [0.4, 0.5) is 11.6 Å². The molecule has 1 saturated heterocycles. The number of ether oxygens (including phenoxy) is 1. The number of aromatic hydroxyl groups is 2. The van der Waals surface area contributed by atoms with E-state index < -0.39 is 27.0 Å². The van der Waals surface area contributed by atoms with Crippen LogP contribution in [0.1, 0.15) is 28.4 Å². The second-order valence-electron chi connectivity index (χ2n) is 13.7. The Morgan fingerprint density at radius 3 is 1.66 bits per heavy atom. The van der Waals surface area contributed by atoms with Crippen LogP contribution in [0.3, 0.4) is 0 Å². The Kier molecular flexibility index (Phi) is 17.7. The van der Waals surface area contributed by atoms with Crippen LogP contribution in [0.5, 0.6) is 11.5 Å². The third kappa shape index (κ3) is 16.3. The van der Waals surface area contributed by atoms with Gasteiger partial charge in [0.05, 0.1) is 37.8 Å². The number of aliphatic hydroxyl groups is 2. The topological polar surface area (TPSA) is 285 Å². The molecule has 1 aliphatic heterocycles. The number of nitrogen functional groups attached to an aromatic ring is 2. The first kappa shape index (κ1) is 47.3. The second kappa shape index (κ2) is 22.8. The molecule has 18 heteroatoms. The number of rotatable bonds is 9. The van der Waals surface area contributed by atoms with E-state index in [-0.39, 0.29) is 33.9 Å². The standard InChI is InChI=1S/C19H19N3O3.C19H17N3O.C5H11NO2.4O.Os/c20-19-14(18(25)17(24)10-12-6-2-1-3-7-12)11-15(21-22-19)13-8-4-5-9-16(13)23;20-19-15(10-6-9-14-7-2-1-3-8-14)13-17(21-22-19)16-11-4-5-12-18(16)23;1-6(7)2-4-8-5-3-6;;;;;/h1-9,11,17-18,23-25H,10H2,(H2,20,22);1-8,10-13,23H,9H2,(H2,20,22);2-5H2,1H3;;;;;/b;10-6+;;;;;;/t17-,18-;;;;;;;/m1......./s1. The molecule has 322 valence electrons. The number of phenols is 2. The number of aliphatic hydroxyl groups excluding tert-OH is 2. The van der Waals surface area contributed by atoms with Crippen LogP contribution in [0.25, 0.3) is 28.6 Å². The molecule has 6 aromatic rings. The number of likely N-dealkylation sites (N-methyl/N-ethyl adjacent to an activating group) is 1. The van der Waals surface area contributed by atoms with E-state index in [1.807, 2.05) is 72.8 Å². The number of benzene rings is 4. The van der Waals surface area contributed by atoms with Gasteiger partial charge in [0.1, 0.15) is 30.7 Å². The molecule has 7 rings (SSSR count). The molecule has 0 saturated carbocycles. The van der Waals surface area contributed by atoms with Gasteiger partial charge < -0.3 is 46.5 Å². The van der Waals surface area contributed by atoms with Crippen LogP contribution in [-0.2, 0) is 46.6 Å². The zero-order valence-electron chi connectivity index (χ0n) is 33.1. The molecule has 1 aliphatic rings. The van der Waals surface area contributed by atoms with Crippen molar-refractivity contribution in [1.82, 2.24) is 20.4 Å². The summed E-state index contributed by atoms with van der Waals surface area (Å²) in [5, 5.41) is 67.6. The molecular weight excluding hydrogens is 965 g/mol. The minimum absolute atomic E-state index is 0.0405. The average Bonchev–Trinajstić information content (AvgIpc) is 3.22. The van der Waals surface area contributed by atoms with Gasteiger partial charge in [0, 0.05) is 28.7 Å². The first-order valence-corrected chi connectivity index (χ1v) is 22.8. The van der Waals surface area contributed by atoms with E-state index in [1.165, 1.54) is 17.7 Å². The quantitative estimate of drug-likeness (QED) is 0.0798. The van der Waals surface area contributed by atoms with Crippen LogP contribution in [-0.4, -0.2) is 84.9 Å². The summed E-state index contributed by atoms with van der Waals surface area (Å²) in [7, 11) is 1.68. The minimum atomic E-state index is -6.06. The van der Waals surface area contributed by atoms with Crippen LogP contribution in [0.15, 0.2) is 127 Å². The van der Waals surface area contributed by atoms with Gasteiger partial charge in [-0.05, 0) is 53.9 Å². The molecule has 61 heavy (non-hydrogen) atoms. The predicted molar refractivity (Wildman–Crippen MR) is 220 cm³/mol. The normalized spacial score (nSPS) is 14.2. The average molecular weight is 1010 g/mol. The molecule has 2 aromatic heterocycles. The van der Waals surface area contributed by atoms with E-state index >= 15 is 0 Å². The van der Waals surface area contributed by atoms with Crippen molar-refractivity contribution < 1.29 is 58.8 Å². The van der Waals surface area contributed by atoms with Crippen molar-refractivity contribution in [1.29, 1.82) is 0 Å². The van der Waals surface area contributed by atoms with E-state index in [0.717, 1.165) is 17.5 Å². The van der Waals surface area contributed by atoms with Crippen molar-refractivity contribution in [2.45, 2.75) is 25.0 Å². The molecule has 2 atom stereocenters. The summed E-state index contributed by atoms with van der Waals surface area (Å²) in [6.07, 6.45) is 2.79. The SMILES string of the molecule is C[N+]1([O-])CCOCC1.Nc1nnc(-c2ccccc2O)cc1/C=C/Cc1ccccc1.Nc1nnc(-c2ccccc2O)cc1[C@@H](O)[C@H](O)Cc1ccccc1.[O]=[Os](=[O])(=[O])=[O]. The van der Waals surface area contributed by atoms with Gasteiger partial charge in [-0.3, -0.25) is 0 Å². The summed E-state index contributed by atoms with van der Waals surface area (Å²) in [6, 6.07) is 36.6. The number of hydrogen-bond donors (Lipinski definition) is 6. The fourth-order valence-electron chi connectivity index (χ4n) is 5.68. The van der Waals surface area contributed by atoms with Gasteiger partial charge >= 0.3 is 29.0 Å². The maximum atomic E-state index is 11.0. The van der Waals surface area contributed by atoms with E-state index in [4.69, 9.17) is 30.4 Å². The summed E-state index contributed by atoms with van der Waals surface area (Å²) in [5.41, 5.74) is 17.0. The number of morpholine rings is 1. The molecule has 0 radical (unpaired) electrons. The first-order valence-electron chi connectivity index (χ1n) is 18.7. The number of hydrogen-bond acceptors (Lipinski definition) is 16. The maximum absolute atomic E-state index is 11.0. The summed E-state index contributed by atoms with van der Waals surface area (Å²) in [5.74, 6) is 0.630. The molecule has 4 aromatic carbocycles. The van der Waals surface area contributed by atoms with Crippen LogP contribution >= 0.6 is 0 Å². The van der Waals surface area contributed by atoms with Crippen molar-refractivity contribution in [3.8, 4) is 34.0 Å². The third-order valence-electron chi connectivity index (χ3n) is 8.95. The summed E-state index contributed by atoms with van der Waals surface area (Å²) < 4.78 is 39.4. The zero-order valence-corrected chi connectivity index (χ0v) is 35.6. The third-order valence-corrected chi connectivity index (χ3v) is 8.95. The van der Waals surface area contributed by atoms with E-state index in [1.54, 1.807) is 43.4 Å². The van der Waals surface area contributed by atoms with Crippen molar-refractivity contribution in [2.24, 2.45) is 0 Å². The molecule has 17 nitrogen and oxygen atoms in total. The van der Waals surface area contributed by atoms with Gasteiger partial charge in [-0.15, -0.1) is 20.4 Å². The second-order valence-corrected chi connectivity index (χ2v) is 16.2. The number of para-hydroxylation sites is 2. The van der Waals surface area contributed by atoms with Gasteiger partial charge in [-0.25, -0.2) is 0 Å². The monoisotopic (exact) mass is 1010 g/mol. The van der Waals surface area contributed by atoms with Crippen molar-refractivity contribution in [2.75, 3.05) is 44.8 Å². The van der Waals surface area contributed by atoms with E-state index in [2.05, 4.69) is 32.5 Å². The fourth-order valence-corrected chi connectivity index (χ4v) is 5.68. The zero-order chi connectivity index (χ0) is 44.4. The number of phenolic OH excluding ortho intramolecular Hbond substituents is 2. The van der Waals surface area contributed by atoms with Crippen LogP contribution in [0.2, 0.25) is 0 Å². The Balaban J connectivity index is 0.000000209. The summed E-state index contributed by atoms with van der Waals surface area (Å²) in [4.78, 5) is 0. The summed E-state index contributed by atoms with van der Waals surface area (Å²) in [6.45, 7) is 2.47. The molecule has 0 unspecified atom stereocenters. The molecule has 0 spiro atoms. The number of allylic oxidation sites excluding steroid dienone is 1. The van der Waals surface area contributed by atoms with Crippen LogP contribution in [0, 0.1) is 5.21 Å². The first-order chi connectivity index (χ1) is 29.0. The van der Waals surface area contributed by atoms with Gasteiger partial charge in [-0.1, -0.05) is 97.1 Å². The Morgan fingerprint density at radius 2 is 1.16 bits per heavy atom. The molecule has 1 fully saturated rings. The van der Waals surface area contributed by atoms with Crippen molar-refractivity contribution in [3.63, 3.8) is 0 Å². The summed E-state index contributed by atoms with van der Waals surface area (Å²) >= 11 is -6.06. The molecule has 0 aliphatic carbocycles. The van der Waals surface area contributed by atoms with Gasteiger partial charge in [0.25, 0.3) is 0 Å².